The summed E-state index contributed by atoms with van der Waals surface area (Å²) in [6.45, 7) is 8.89. The van der Waals surface area contributed by atoms with E-state index >= 15 is 0 Å². The number of hydrogen-bond donors (Lipinski definition) is 0. The van der Waals surface area contributed by atoms with E-state index in [9.17, 15) is 4.79 Å². The average Bonchev–Trinajstić information content (AvgIpc) is 3.46. The third-order valence-electron chi connectivity index (χ3n) is 7.14. The van der Waals surface area contributed by atoms with Crippen LogP contribution in [0.5, 0.6) is 0 Å². The lowest BCUT2D eigenvalue weighted by molar-refractivity contribution is -0.130. The van der Waals surface area contributed by atoms with Gasteiger partial charge in [-0.2, -0.15) is 4.52 Å². The van der Waals surface area contributed by atoms with Crippen LogP contribution in [0.15, 0.2) is 53.7 Å². The first-order valence-corrected chi connectivity index (χ1v) is 13.9. The molecule has 0 aliphatic carbocycles. The molecule has 2 aromatic carbocycles. The van der Waals surface area contributed by atoms with Crippen molar-refractivity contribution in [1.82, 2.24) is 34.0 Å². The van der Waals surface area contributed by atoms with Crippen molar-refractivity contribution >= 4 is 45.3 Å². The molecule has 1 saturated heterocycles. The maximum absolute atomic E-state index is 13.1. The Morgan fingerprint density at radius 1 is 0.973 bits per heavy atom. The van der Waals surface area contributed by atoms with Crippen molar-refractivity contribution < 1.29 is 4.79 Å². The summed E-state index contributed by atoms with van der Waals surface area (Å²) in [7, 11) is 0. The van der Waals surface area contributed by atoms with E-state index in [4.69, 9.17) is 15.1 Å². The Hall–Kier alpha value is -3.46. The molecule has 0 bridgehead atoms. The van der Waals surface area contributed by atoms with Gasteiger partial charge in [-0.3, -0.25) is 4.79 Å². The van der Waals surface area contributed by atoms with E-state index in [0.717, 1.165) is 58.9 Å². The first-order valence-electron chi connectivity index (χ1n) is 12.9. The fourth-order valence-electron chi connectivity index (χ4n) is 5.55. The zero-order valence-corrected chi connectivity index (χ0v) is 22.3. The highest BCUT2D eigenvalue weighted by Gasteiger charge is 2.26. The van der Waals surface area contributed by atoms with E-state index in [1.165, 1.54) is 18.2 Å². The van der Waals surface area contributed by atoms with Gasteiger partial charge in [0, 0.05) is 31.4 Å². The van der Waals surface area contributed by atoms with E-state index < -0.39 is 0 Å². The van der Waals surface area contributed by atoms with Gasteiger partial charge in [-0.05, 0) is 49.4 Å². The number of imidazole rings is 1. The molecule has 1 aliphatic heterocycles. The molecule has 6 rings (SSSR count). The number of piperidine rings is 1. The highest BCUT2D eigenvalue weighted by Crippen LogP contribution is 2.26. The maximum atomic E-state index is 13.1. The van der Waals surface area contributed by atoms with Crippen LogP contribution < -0.4 is 0 Å². The summed E-state index contributed by atoms with van der Waals surface area (Å²) in [6, 6.07) is 16.2. The molecule has 2 atom stereocenters. The van der Waals surface area contributed by atoms with Gasteiger partial charge in [-0.1, -0.05) is 49.9 Å². The topological polar surface area (TPSA) is 81.2 Å². The van der Waals surface area contributed by atoms with Crippen molar-refractivity contribution in [3.8, 4) is 0 Å². The van der Waals surface area contributed by atoms with Crippen LogP contribution in [0, 0.1) is 18.8 Å². The number of benzene rings is 2. The van der Waals surface area contributed by atoms with Gasteiger partial charge in [0.25, 0.3) is 0 Å². The van der Waals surface area contributed by atoms with Crippen molar-refractivity contribution in [2.45, 2.75) is 45.3 Å². The van der Waals surface area contributed by atoms with E-state index in [0.29, 0.717) is 29.2 Å². The minimum atomic E-state index is 0.161. The molecule has 1 aliphatic rings. The van der Waals surface area contributed by atoms with Gasteiger partial charge >= 0.3 is 0 Å². The number of fused-ring (bicyclic) bond motifs is 4. The van der Waals surface area contributed by atoms with Gasteiger partial charge in [-0.15, -0.1) is 5.10 Å². The minimum Gasteiger partial charge on any atom is -0.341 e. The number of para-hydroxylation sites is 3. The summed E-state index contributed by atoms with van der Waals surface area (Å²) in [5.74, 6) is 3.31. The molecule has 0 radical (unpaired) electrons. The van der Waals surface area contributed by atoms with E-state index in [2.05, 4.69) is 29.5 Å². The van der Waals surface area contributed by atoms with Gasteiger partial charge in [0.05, 0.1) is 22.3 Å². The summed E-state index contributed by atoms with van der Waals surface area (Å²) in [5.41, 5.74) is 3.76. The third-order valence-corrected chi connectivity index (χ3v) is 8.06. The summed E-state index contributed by atoms with van der Waals surface area (Å²) >= 11 is 1.45. The molecule has 0 saturated carbocycles. The highest BCUT2D eigenvalue weighted by atomic mass is 32.2. The molecule has 37 heavy (non-hydrogen) atoms. The molecule has 8 nitrogen and oxygen atoms in total. The van der Waals surface area contributed by atoms with Crippen LogP contribution in [-0.2, 0) is 17.8 Å². The number of rotatable bonds is 6. The molecule has 0 spiro atoms. The van der Waals surface area contributed by atoms with Gasteiger partial charge < -0.3 is 9.47 Å². The Labute approximate surface area is 220 Å². The summed E-state index contributed by atoms with van der Waals surface area (Å²) in [6.07, 6.45) is 1.85. The molecule has 190 valence electrons. The van der Waals surface area contributed by atoms with Crippen molar-refractivity contribution in [1.29, 1.82) is 0 Å². The van der Waals surface area contributed by atoms with E-state index in [1.807, 2.05) is 58.8 Å². The molecule has 1 fully saturated rings. The van der Waals surface area contributed by atoms with Gasteiger partial charge in [0.2, 0.25) is 5.91 Å². The molecule has 3 aromatic heterocycles. The number of hydrogen-bond acceptors (Lipinski definition) is 6. The molecule has 0 N–H and O–H groups in total. The van der Waals surface area contributed by atoms with Crippen LogP contribution >= 0.6 is 11.8 Å². The van der Waals surface area contributed by atoms with Crippen LogP contribution in [0.4, 0.5) is 0 Å². The Morgan fingerprint density at radius 2 is 1.70 bits per heavy atom. The molecular formula is C28H31N7OS. The molecule has 1 amide bonds. The number of aromatic nitrogens is 6. The fourth-order valence-corrected chi connectivity index (χ4v) is 6.39. The molecule has 5 aromatic rings. The van der Waals surface area contributed by atoms with Crippen LogP contribution in [0.25, 0.3) is 27.6 Å². The zero-order chi connectivity index (χ0) is 25.5. The third kappa shape index (κ3) is 4.68. The number of nitrogens with zero attached hydrogens (tertiary/aromatic N) is 7. The van der Waals surface area contributed by atoms with Crippen molar-refractivity contribution in [3.63, 3.8) is 0 Å². The number of amides is 1. The second kappa shape index (κ2) is 9.78. The number of aryl methyl sites for hydroxylation is 3. The first-order chi connectivity index (χ1) is 18.0. The van der Waals surface area contributed by atoms with Crippen molar-refractivity contribution in [3.05, 3.63) is 60.2 Å². The lowest BCUT2D eigenvalue weighted by Gasteiger charge is -2.34. The number of carbonyl (C=O) groups excluding carboxylic acids is 1. The number of likely N-dealkylation sites (tertiary alicyclic amines) is 1. The molecule has 4 heterocycles. The minimum absolute atomic E-state index is 0.161. The summed E-state index contributed by atoms with van der Waals surface area (Å²) in [4.78, 5) is 29.5. The second-order valence-corrected chi connectivity index (χ2v) is 11.2. The SMILES string of the molecule is Cc1nc2ccccc2n1CCc1nc2c3ccccc3nc(SCC(=O)N3CC(C)CC(C)C3)n2n1. The lowest BCUT2D eigenvalue weighted by Crippen LogP contribution is -2.43. The predicted molar refractivity (Wildman–Crippen MR) is 147 cm³/mol. The maximum Gasteiger partial charge on any atom is 0.233 e. The summed E-state index contributed by atoms with van der Waals surface area (Å²) in [5, 5.41) is 6.51. The molecular weight excluding hydrogens is 482 g/mol. The fraction of sp³-hybridized carbons (Fsp3) is 0.393. The smallest absolute Gasteiger partial charge is 0.233 e. The Balaban J connectivity index is 1.28. The predicted octanol–water partition coefficient (Wildman–Crippen LogP) is 4.77. The quantitative estimate of drug-likeness (QED) is 0.240. The zero-order valence-electron chi connectivity index (χ0n) is 21.5. The Kier molecular flexibility index (Phi) is 6.32. The molecule has 9 heteroatoms. The first kappa shape index (κ1) is 23.9. The van der Waals surface area contributed by atoms with Gasteiger partial charge in [-0.25, -0.2) is 15.0 Å². The summed E-state index contributed by atoms with van der Waals surface area (Å²) < 4.78 is 4.03. The standard InChI is InChI=1S/C28H31N7OS/c1-18-14-19(2)16-33(15-18)26(36)17-37-28-30-22-9-5-4-8-21(22)27-31-25(32-35(27)28)12-13-34-20(3)29-23-10-6-7-11-24(23)34/h4-11,18-19H,12-17H2,1-3H3. The second-order valence-electron chi connectivity index (χ2n) is 10.3. The van der Waals surface area contributed by atoms with Crippen LogP contribution in [-0.4, -0.2) is 58.8 Å². The average molecular weight is 514 g/mol. The van der Waals surface area contributed by atoms with E-state index in [-0.39, 0.29) is 5.91 Å². The lowest BCUT2D eigenvalue weighted by atomic mass is 9.92. The Morgan fingerprint density at radius 3 is 2.51 bits per heavy atom. The molecule has 2 unspecified atom stereocenters. The van der Waals surface area contributed by atoms with Crippen LogP contribution in [0.1, 0.15) is 31.9 Å². The van der Waals surface area contributed by atoms with Crippen molar-refractivity contribution in [2.24, 2.45) is 11.8 Å². The van der Waals surface area contributed by atoms with E-state index in [1.54, 1.807) is 0 Å². The van der Waals surface area contributed by atoms with Gasteiger partial charge in [0.15, 0.2) is 16.6 Å². The highest BCUT2D eigenvalue weighted by molar-refractivity contribution is 7.99. The number of thioether (sulfide) groups is 1. The van der Waals surface area contributed by atoms with Crippen LogP contribution in [0.2, 0.25) is 0 Å². The normalized spacial score (nSPS) is 18.3. The largest absolute Gasteiger partial charge is 0.341 e. The van der Waals surface area contributed by atoms with Gasteiger partial charge in [0.1, 0.15) is 5.82 Å². The number of carbonyl (C=O) groups is 1. The van der Waals surface area contributed by atoms with Crippen molar-refractivity contribution in [2.75, 3.05) is 18.8 Å². The Bertz CT molecular complexity index is 1600. The van der Waals surface area contributed by atoms with Crippen LogP contribution in [0.3, 0.4) is 0 Å². The monoisotopic (exact) mass is 513 g/mol.